The molecule has 1 atom stereocenters. The second-order valence-electron chi connectivity index (χ2n) is 7.79. The first-order valence-electron chi connectivity index (χ1n) is 9.69. The second kappa shape index (κ2) is 9.40. The summed E-state index contributed by atoms with van der Waals surface area (Å²) in [6, 6.07) is 0. The minimum absolute atomic E-state index is 0.0704. The van der Waals surface area contributed by atoms with Crippen LogP contribution in [0.25, 0.3) is 0 Å². The van der Waals surface area contributed by atoms with Crippen molar-refractivity contribution in [3.63, 3.8) is 0 Å². The molecular weight excluding hydrogens is 302 g/mol. The molecule has 1 unspecified atom stereocenters. The molecule has 138 valence electrons. The van der Waals surface area contributed by atoms with Gasteiger partial charge in [-0.1, -0.05) is 39.0 Å². The fourth-order valence-corrected chi connectivity index (χ4v) is 4.26. The van der Waals surface area contributed by atoms with Crippen molar-refractivity contribution in [3.05, 3.63) is 0 Å². The van der Waals surface area contributed by atoms with E-state index in [-0.39, 0.29) is 12.0 Å². The molecule has 0 aromatic carbocycles. The van der Waals surface area contributed by atoms with Gasteiger partial charge in [0.05, 0.1) is 19.0 Å². The molecule has 0 aromatic rings. The zero-order chi connectivity index (χ0) is 17.4. The summed E-state index contributed by atoms with van der Waals surface area (Å²) in [4.78, 5) is 17.1. The monoisotopic (exact) mass is 337 g/mol. The van der Waals surface area contributed by atoms with E-state index in [0.717, 1.165) is 25.2 Å². The summed E-state index contributed by atoms with van der Waals surface area (Å²) in [6.45, 7) is 2.64. The quantitative estimate of drug-likeness (QED) is 0.554. The molecular formula is C19H35N3O2. The van der Waals surface area contributed by atoms with Crippen molar-refractivity contribution >= 4 is 12.2 Å². The maximum absolute atomic E-state index is 12.7. The minimum atomic E-state index is -0.866. The number of hydrogen-bond acceptors (Lipinski definition) is 3. The van der Waals surface area contributed by atoms with E-state index < -0.39 is 5.54 Å². The summed E-state index contributed by atoms with van der Waals surface area (Å²) in [6.07, 6.45) is 13.0. The number of likely N-dealkylation sites (N-methyl/N-ethyl adjacent to an activating group) is 1. The molecule has 2 saturated carbocycles. The first kappa shape index (κ1) is 19.2. The zero-order valence-electron chi connectivity index (χ0n) is 15.4. The highest BCUT2D eigenvalue weighted by Gasteiger charge is 2.41. The van der Waals surface area contributed by atoms with Crippen molar-refractivity contribution < 1.29 is 9.53 Å². The third kappa shape index (κ3) is 5.20. The lowest BCUT2D eigenvalue weighted by Crippen LogP contribution is -2.50. The minimum Gasteiger partial charge on any atom is -0.390 e. The van der Waals surface area contributed by atoms with Gasteiger partial charge in [0.1, 0.15) is 0 Å². The Morgan fingerprint density at radius 2 is 1.88 bits per heavy atom. The Hall–Kier alpha value is -1.10. The van der Waals surface area contributed by atoms with Crippen molar-refractivity contribution in [2.24, 2.45) is 22.6 Å². The molecule has 3 N–H and O–H groups in total. The van der Waals surface area contributed by atoms with Gasteiger partial charge >= 0.3 is 0 Å². The van der Waals surface area contributed by atoms with Gasteiger partial charge in [0.25, 0.3) is 0 Å². The van der Waals surface area contributed by atoms with E-state index in [2.05, 4.69) is 17.2 Å². The normalized spacial score (nSPS) is 28.6. The molecule has 1 amide bonds. The predicted octanol–water partition coefficient (Wildman–Crippen LogP) is 3.02. The number of rotatable bonds is 7. The van der Waals surface area contributed by atoms with Gasteiger partial charge in [0.2, 0.25) is 5.91 Å². The summed E-state index contributed by atoms with van der Waals surface area (Å²) in [5.74, 6) is 1.26. The van der Waals surface area contributed by atoms with Crippen LogP contribution in [0.1, 0.15) is 71.1 Å². The van der Waals surface area contributed by atoms with Gasteiger partial charge in [-0.15, -0.1) is 0 Å². The number of carbonyl (C=O) groups is 1. The smallest absolute Gasteiger partial charge is 0.250 e. The van der Waals surface area contributed by atoms with Gasteiger partial charge in [-0.2, -0.15) is 0 Å². The molecule has 0 saturated heterocycles. The summed E-state index contributed by atoms with van der Waals surface area (Å²) >= 11 is 0. The Labute approximate surface area is 146 Å². The van der Waals surface area contributed by atoms with Gasteiger partial charge in [-0.05, 0) is 43.9 Å². The molecule has 2 rings (SSSR count). The van der Waals surface area contributed by atoms with E-state index in [1.165, 1.54) is 51.3 Å². The van der Waals surface area contributed by atoms with Crippen LogP contribution in [0.2, 0.25) is 0 Å². The van der Waals surface area contributed by atoms with E-state index in [0.29, 0.717) is 12.5 Å². The van der Waals surface area contributed by atoms with Crippen molar-refractivity contribution in [2.75, 3.05) is 13.7 Å². The number of amides is 1. The van der Waals surface area contributed by atoms with Crippen LogP contribution in [0.15, 0.2) is 4.99 Å². The molecule has 2 fully saturated rings. The zero-order valence-corrected chi connectivity index (χ0v) is 15.4. The number of aliphatic imine (C=N–C) groups is 1. The number of nitrogens with one attached hydrogen (secondary N) is 1. The molecule has 5 nitrogen and oxygen atoms in total. The molecule has 2 aliphatic carbocycles. The molecule has 0 aliphatic heterocycles. The summed E-state index contributed by atoms with van der Waals surface area (Å²) in [5, 5.41) is 2.79. The Morgan fingerprint density at radius 1 is 1.21 bits per heavy atom. The van der Waals surface area contributed by atoms with Gasteiger partial charge in [0.15, 0.2) is 5.54 Å². The lowest BCUT2D eigenvalue weighted by Gasteiger charge is -2.35. The lowest BCUT2D eigenvalue weighted by molar-refractivity contribution is -0.130. The number of carbonyl (C=O) groups excluding carboxylic acids is 1. The van der Waals surface area contributed by atoms with Crippen LogP contribution in [0.4, 0.5) is 0 Å². The Balaban J connectivity index is 2.03. The Bertz CT molecular complexity index is 413. The molecule has 0 aromatic heterocycles. The molecule has 0 bridgehead atoms. The molecule has 0 spiro atoms. The van der Waals surface area contributed by atoms with E-state index in [1.54, 1.807) is 7.05 Å². The van der Waals surface area contributed by atoms with Gasteiger partial charge in [0, 0.05) is 7.05 Å². The van der Waals surface area contributed by atoms with Crippen LogP contribution in [0.3, 0.4) is 0 Å². The van der Waals surface area contributed by atoms with Gasteiger partial charge < -0.3 is 15.8 Å². The van der Waals surface area contributed by atoms with Crippen molar-refractivity contribution in [3.8, 4) is 0 Å². The molecule has 5 heteroatoms. The Kier molecular flexibility index (Phi) is 7.53. The maximum Gasteiger partial charge on any atom is 0.250 e. The van der Waals surface area contributed by atoms with Crippen LogP contribution in [0.5, 0.6) is 0 Å². The molecule has 2 aliphatic rings. The number of ether oxygens (including phenoxy) is 1. The lowest BCUT2D eigenvalue weighted by atomic mass is 9.79. The molecule has 0 radical (unpaired) electrons. The molecule has 0 heterocycles. The van der Waals surface area contributed by atoms with Crippen LogP contribution in [-0.2, 0) is 9.53 Å². The summed E-state index contributed by atoms with van der Waals surface area (Å²) in [7, 11) is 1.67. The number of nitrogens with two attached hydrogens (primary N) is 1. The average molecular weight is 338 g/mol. The SMILES string of the molecule is CNC(=O)C(COC1CCC(C)CC1)(CC1CCCCC1)N=CN. The van der Waals surface area contributed by atoms with E-state index in [1.807, 2.05) is 0 Å². The van der Waals surface area contributed by atoms with Crippen molar-refractivity contribution in [1.29, 1.82) is 0 Å². The van der Waals surface area contributed by atoms with E-state index >= 15 is 0 Å². The van der Waals surface area contributed by atoms with Crippen LogP contribution in [0, 0.1) is 11.8 Å². The highest BCUT2D eigenvalue weighted by Crippen LogP contribution is 2.34. The Morgan fingerprint density at radius 3 is 2.46 bits per heavy atom. The largest absolute Gasteiger partial charge is 0.390 e. The van der Waals surface area contributed by atoms with Gasteiger partial charge in [-0.3, -0.25) is 9.79 Å². The van der Waals surface area contributed by atoms with Crippen LogP contribution >= 0.6 is 0 Å². The average Bonchev–Trinajstić information content (AvgIpc) is 2.61. The highest BCUT2D eigenvalue weighted by atomic mass is 16.5. The van der Waals surface area contributed by atoms with Crippen molar-refractivity contribution in [1.82, 2.24) is 5.32 Å². The highest BCUT2D eigenvalue weighted by molar-refractivity contribution is 5.87. The van der Waals surface area contributed by atoms with E-state index in [4.69, 9.17) is 10.5 Å². The topological polar surface area (TPSA) is 76.7 Å². The number of hydrogen-bond donors (Lipinski definition) is 2. The molecule has 24 heavy (non-hydrogen) atoms. The van der Waals surface area contributed by atoms with Crippen LogP contribution in [-0.4, -0.2) is 37.5 Å². The predicted molar refractivity (Wildman–Crippen MR) is 98.0 cm³/mol. The fraction of sp³-hybridized carbons (Fsp3) is 0.895. The summed E-state index contributed by atoms with van der Waals surface area (Å²) < 4.78 is 6.18. The van der Waals surface area contributed by atoms with Crippen molar-refractivity contribution in [2.45, 2.75) is 82.8 Å². The third-order valence-corrected chi connectivity index (χ3v) is 5.84. The van der Waals surface area contributed by atoms with Crippen LogP contribution < -0.4 is 11.1 Å². The van der Waals surface area contributed by atoms with Gasteiger partial charge in [-0.25, -0.2) is 0 Å². The standard InChI is InChI=1S/C19H35N3O2/c1-15-8-10-17(11-9-15)24-13-19(22-14-20,18(23)21-2)12-16-6-4-3-5-7-16/h14-17H,3-13H2,1-2H3,(H2,20,22)(H,21,23). The first-order valence-corrected chi connectivity index (χ1v) is 9.69. The first-order chi connectivity index (χ1) is 11.6. The fourth-order valence-electron chi connectivity index (χ4n) is 4.26. The maximum atomic E-state index is 12.7. The second-order valence-corrected chi connectivity index (χ2v) is 7.79. The third-order valence-electron chi connectivity index (χ3n) is 5.84. The summed E-state index contributed by atoms with van der Waals surface area (Å²) in [5.41, 5.74) is 4.75. The van der Waals surface area contributed by atoms with E-state index in [9.17, 15) is 4.79 Å². The number of nitrogens with zero attached hydrogens (tertiary/aromatic N) is 1.